The Kier molecular flexibility index (Phi) is 3.35. The molecule has 6 aliphatic rings. The lowest BCUT2D eigenvalue weighted by Gasteiger charge is -2.60. The third kappa shape index (κ3) is 1.94. The van der Waals surface area contributed by atoms with Crippen LogP contribution in [-0.4, -0.2) is 33.6 Å². The summed E-state index contributed by atoms with van der Waals surface area (Å²) in [5.74, 6) is -2.93. The zero-order chi connectivity index (χ0) is 21.7. The summed E-state index contributed by atoms with van der Waals surface area (Å²) in [4.78, 5) is 64.2. The highest BCUT2D eigenvalue weighted by Gasteiger charge is 2.75. The monoisotopic (exact) mass is 426 g/mol. The zero-order valence-electron chi connectivity index (χ0n) is 16.8. The number of pyridine rings is 2. The number of rotatable bonds is 2. The molecule has 4 aliphatic carbocycles. The topological polar surface area (TPSA) is 101 Å². The summed E-state index contributed by atoms with van der Waals surface area (Å²) in [7, 11) is 0. The molecule has 0 radical (unpaired) electrons. The van der Waals surface area contributed by atoms with Crippen LogP contribution in [0.25, 0.3) is 0 Å². The van der Waals surface area contributed by atoms with Crippen molar-refractivity contribution >= 4 is 35.3 Å². The van der Waals surface area contributed by atoms with Gasteiger partial charge in [0.2, 0.25) is 23.6 Å². The van der Waals surface area contributed by atoms with Crippen molar-refractivity contribution in [3.05, 3.63) is 60.9 Å². The Morgan fingerprint density at radius 1 is 0.562 bits per heavy atom. The van der Waals surface area contributed by atoms with Gasteiger partial charge < -0.3 is 0 Å². The molecule has 8 heteroatoms. The molecule has 2 saturated carbocycles. The summed E-state index contributed by atoms with van der Waals surface area (Å²) in [5.41, 5.74) is 0. The molecule has 2 aromatic rings. The number of hydrogen-bond donors (Lipinski definition) is 0. The highest BCUT2D eigenvalue weighted by molar-refractivity contribution is 6.24. The van der Waals surface area contributed by atoms with Gasteiger partial charge in [0, 0.05) is 12.4 Å². The average Bonchev–Trinajstić information content (AvgIpc) is 3.19. The standard InChI is InChI=1S/C24H18N4O4/c29-21-17-11-7-8-12(18(17)22(30)27(21)13-5-1-3-9-25-13)16-15(11)19-20(16)24(32)28(23(19)31)14-6-2-4-10-26-14/h1-12,15-20H/t11-,12-,15-,16-,17-,18+,19+,20-/m0/s1. The number of allylic oxidation sites excluding steroid dienone is 2. The first-order chi connectivity index (χ1) is 15.6. The van der Waals surface area contributed by atoms with Crippen molar-refractivity contribution in [2.45, 2.75) is 0 Å². The van der Waals surface area contributed by atoms with Crippen molar-refractivity contribution < 1.29 is 19.2 Å². The number of hydrogen-bond acceptors (Lipinski definition) is 6. The van der Waals surface area contributed by atoms with Crippen LogP contribution in [0.2, 0.25) is 0 Å². The molecule has 4 fully saturated rings. The van der Waals surface area contributed by atoms with Gasteiger partial charge in [0.15, 0.2) is 0 Å². The van der Waals surface area contributed by atoms with Crippen LogP contribution in [0.5, 0.6) is 0 Å². The van der Waals surface area contributed by atoms with Gasteiger partial charge >= 0.3 is 0 Å². The Morgan fingerprint density at radius 3 is 1.34 bits per heavy atom. The molecule has 0 N–H and O–H groups in total. The fourth-order valence-corrected chi connectivity index (χ4v) is 7.02. The lowest BCUT2D eigenvalue weighted by atomic mass is 9.40. The number of carbonyl (C=O) groups excluding carboxylic acids is 4. The normalized spacial score (nSPS) is 38.6. The second-order valence-electron chi connectivity index (χ2n) is 9.20. The third-order valence-corrected chi connectivity index (χ3v) is 8.10. The quantitative estimate of drug-likeness (QED) is 0.532. The summed E-state index contributed by atoms with van der Waals surface area (Å²) in [6.07, 6.45) is 7.11. The molecule has 2 aromatic heterocycles. The lowest BCUT2D eigenvalue weighted by molar-refractivity contribution is -0.166. The largest absolute Gasteiger partial charge is 0.274 e. The molecule has 0 unspecified atom stereocenters. The van der Waals surface area contributed by atoms with Gasteiger partial charge in [-0.25, -0.2) is 19.8 Å². The van der Waals surface area contributed by atoms with Gasteiger partial charge in [-0.05, 0) is 47.9 Å². The average molecular weight is 426 g/mol. The molecular weight excluding hydrogens is 408 g/mol. The minimum atomic E-state index is -0.506. The predicted octanol–water partition coefficient (Wildman–Crippen LogP) is 1.45. The van der Waals surface area contributed by atoms with E-state index in [9.17, 15) is 19.2 Å². The maximum atomic E-state index is 13.4. The van der Waals surface area contributed by atoms with E-state index < -0.39 is 23.7 Å². The summed E-state index contributed by atoms with van der Waals surface area (Å²) in [5, 5.41) is 0. The number of imide groups is 2. The van der Waals surface area contributed by atoms with Gasteiger partial charge in [-0.3, -0.25) is 19.2 Å². The Hall–Kier alpha value is -3.68. The first kappa shape index (κ1) is 17.9. The van der Waals surface area contributed by atoms with Gasteiger partial charge in [0.05, 0.1) is 23.7 Å². The van der Waals surface area contributed by atoms with Crippen LogP contribution in [0.4, 0.5) is 11.6 Å². The summed E-state index contributed by atoms with van der Waals surface area (Å²) < 4.78 is 0. The molecular formula is C24H18N4O4. The van der Waals surface area contributed by atoms with E-state index in [1.165, 1.54) is 9.80 Å². The van der Waals surface area contributed by atoms with Gasteiger partial charge in [-0.2, -0.15) is 0 Å². The first-order valence-corrected chi connectivity index (χ1v) is 10.9. The lowest BCUT2D eigenvalue weighted by Crippen LogP contribution is -2.63. The number of carbonyl (C=O) groups is 4. The Bertz CT molecular complexity index is 1170. The Morgan fingerprint density at radius 2 is 0.969 bits per heavy atom. The van der Waals surface area contributed by atoms with Crippen LogP contribution in [-0.2, 0) is 19.2 Å². The van der Waals surface area contributed by atoms with Crippen LogP contribution in [0.15, 0.2) is 60.9 Å². The van der Waals surface area contributed by atoms with Gasteiger partial charge in [0.25, 0.3) is 0 Å². The molecule has 2 aliphatic heterocycles. The minimum Gasteiger partial charge on any atom is -0.274 e. The van der Waals surface area contributed by atoms with Crippen molar-refractivity contribution in [3.63, 3.8) is 0 Å². The molecule has 8 atom stereocenters. The van der Waals surface area contributed by atoms with Gasteiger partial charge in [0.1, 0.15) is 11.6 Å². The van der Waals surface area contributed by atoms with Crippen LogP contribution in [0.1, 0.15) is 0 Å². The number of anilines is 2. The van der Waals surface area contributed by atoms with Gasteiger partial charge in [-0.15, -0.1) is 0 Å². The molecule has 8 nitrogen and oxygen atoms in total. The summed E-state index contributed by atoms with van der Waals surface area (Å²) >= 11 is 0. The highest BCUT2D eigenvalue weighted by Crippen LogP contribution is 2.68. The number of aromatic nitrogens is 2. The van der Waals surface area contributed by atoms with Crippen LogP contribution in [0, 0.1) is 47.3 Å². The van der Waals surface area contributed by atoms with E-state index in [2.05, 4.69) is 9.97 Å². The maximum Gasteiger partial charge on any atom is 0.239 e. The van der Waals surface area contributed by atoms with E-state index in [1.807, 2.05) is 12.2 Å². The van der Waals surface area contributed by atoms with Crippen LogP contribution >= 0.6 is 0 Å². The number of nitrogens with zero attached hydrogens (tertiary/aromatic N) is 4. The van der Waals surface area contributed by atoms with Crippen molar-refractivity contribution in [1.29, 1.82) is 0 Å². The Labute approximate surface area is 182 Å². The third-order valence-electron chi connectivity index (χ3n) is 8.10. The fourth-order valence-electron chi connectivity index (χ4n) is 7.02. The molecule has 158 valence electrons. The van der Waals surface area contributed by atoms with Gasteiger partial charge in [-0.1, -0.05) is 24.3 Å². The Balaban J connectivity index is 1.27. The van der Waals surface area contributed by atoms with Crippen molar-refractivity contribution in [2.75, 3.05) is 9.80 Å². The van der Waals surface area contributed by atoms with E-state index in [0.717, 1.165) is 0 Å². The zero-order valence-corrected chi connectivity index (χ0v) is 16.8. The molecule has 4 heterocycles. The first-order valence-electron chi connectivity index (χ1n) is 10.9. The van der Waals surface area contributed by atoms with E-state index in [-0.39, 0.29) is 47.3 Å². The molecule has 4 amide bonds. The highest BCUT2D eigenvalue weighted by atomic mass is 16.2. The fraction of sp³-hybridized carbons (Fsp3) is 0.333. The van der Waals surface area contributed by atoms with E-state index >= 15 is 0 Å². The van der Waals surface area contributed by atoms with E-state index in [0.29, 0.717) is 11.6 Å². The number of fused-ring (bicyclic) bond motifs is 1. The maximum absolute atomic E-state index is 13.4. The smallest absolute Gasteiger partial charge is 0.239 e. The summed E-state index contributed by atoms with van der Waals surface area (Å²) in [6, 6.07) is 10.3. The van der Waals surface area contributed by atoms with Crippen molar-refractivity contribution in [2.24, 2.45) is 47.3 Å². The van der Waals surface area contributed by atoms with E-state index in [1.54, 1.807) is 48.8 Å². The molecule has 0 aromatic carbocycles. The van der Waals surface area contributed by atoms with Crippen LogP contribution in [0.3, 0.4) is 0 Å². The van der Waals surface area contributed by atoms with Crippen molar-refractivity contribution in [3.8, 4) is 0 Å². The van der Waals surface area contributed by atoms with Crippen LogP contribution < -0.4 is 9.80 Å². The molecule has 32 heavy (non-hydrogen) atoms. The molecule has 2 bridgehead atoms. The summed E-state index contributed by atoms with van der Waals surface area (Å²) in [6.45, 7) is 0. The molecule has 8 rings (SSSR count). The molecule has 0 spiro atoms. The SMILES string of the molecule is O=C1[C@@H]2[C@H]3C=C[C@H]([C@@H]2C(=O)N1c1ccccn1)[C@@H]1[C@H]2C(=O)N(c4ccccn4)C(=O)[C@H]2[C@@H]31. The predicted molar refractivity (Wildman–Crippen MR) is 111 cm³/mol. The van der Waals surface area contributed by atoms with E-state index in [4.69, 9.17) is 0 Å². The second kappa shape index (κ2) is 5.97. The van der Waals surface area contributed by atoms with Crippen molar-refractivity contribution in [1.82, 2.24) is 9.97 Å². The molecule has 2 saturated heterocycles. The minimum absolute atomic E-state index is 0.109. The second-order valence-corrected chi connectivity index (χ2v) is 9.20. The number of amides is 4.